The molecular weight excluding hydrogens is 330 g/mol. The highest BCUT2D eigenvalue weighted by molar-refractivity contribution is 6.97. The van der Waals surface area contributed by atoms with Gasteiger partial charge in [0.05, 0.1) is 0 Å². The topological polar surface area (TPSA) is 3.24 Å². The lowest BCUT2D eigenvalue weighted by Crippen LogP contribution is -2.49. The summed E-state index contributed by atoms with van der Waals surface area (Å²) in [5.74, 6) is 0.510. The van der Waals surface area contributed by atoms with Crippen LogP contribution in [0.1, 0.15) is 18.1 Å². The molecule has 1 atom stereocenters. The minimum atomic E-state index is -1.74. The summed E-state index contributed by atoms with van der Waals surface area (Å²) in [7, 11) is 2.51. The zero-order valence-electron chi connectivity index (χ0n) is 16.4. The Morgan fingerprint density at radius 3 is 2.38 bits per heavy atom. The summed E-state index contributed by atoms with van der Waals surface area (Å²) in [5.41, 5.74) is 6.86. The first kappa shape index (κ1) is 17.1. The smallest absolute Gasteiger partial charge is 0.113 e. The molecular formula is C24H27NSi. The van der Waals surface area contributed by atoms with Gasteiger partial charge >= 0.3 is 0 Å². The average Bonchev–Trinajstić information content (AvgIpc) is 2.63. The van der Waals surface area contributed by atoms with Crippen LogP contribution in [0.3, 0.4) is 0 Å². The Hall–Kier alpha value is -2.32. The van der Waals surface area contributed by atoms with Crippen molar-refractivity contribution in [2.75, 3.05) is 19.0 Å². The van der Waals surface area contributed by atoms with E-state index in [1.807, 2.05) is 0 Å². The first-order chi connectivity index (χ1) is 12.4. The van der Waals surface area contributed by atoms with Gasteiger partial charge in [-0.15, -0.1) is 0 Å². The second-order valence-corrected chi connectivity index (χ2v) is 12.5. The Morgan fingerprint density at radius 1 is 0.962 bits per heavy atom. The molecule has 0 amide bonds. The Bertz CT molecular complexity index is 945. The van der Waals surface area contributed by atoms with E-state index in [9.17, 15) is 0 Å². The highest BCUT2D eigenvalue weighted by atomic mass is 28.3. The predicted molar refractivity (Wildman–Crippen MR) is 117 cm³/mol. The molecule has 0 radical (unpaired) electrons. The number of hydrogen-bond donors (Lipinski definition) is 0. The predicted octanol–water partition coefficient (Wildman–Crippen LogP) is 5.16. The van der Waals surface area contributed by atoms with E-state index in [1.54, 1.807) is 10.4 Å². The molecule has 0 N–H and O–H groups in total. The summed E-state index contributed by atoms with van der Waals surface area (Å²) in [5, 5.41) is 3.15. The standard InChI is InChI=1S/C24H27NSi/c1-17-11-13-20-22(15-17)26(4,5)23-16-19(25(2)3)12-14-21(23)24(20)18-9-7-6-8-10-18/h6-17H,1-5H3. The van der Waals surface area contributed by atoms with Gasteiger partial charge in [-0.2, -0.15) is 0 Å². The first-order valence-corrected chi connectivity index (χ1v) is 12.4. The maximum atomic E-state index is 2.51. The van der Waals surface area contributed by atoms with E-state index in [2.05, 4.69) is 106 Å². The van der Waals surface area contributed by atoms with E-state index in [0.29, 0.717) is 5.92 Å². The van der Waals surface area contributed by atoms with Crippen molar-refractivity contribution in [3.8, 4) is 0 Å². The number of rotatable bonds is 2. The van der Waals surface area contributed by atoms with Crippen LogP contribution in [0.4, 0.5) is 5.69 Å². The van der Waals surface area contributed by atoms with Crippen molar-refractivity contribution in [3.63, 3.8) is 0 Å². The average molecular weight is 358 g/mol. The molecule has 2 aromatic carbocycles. The lowest BCUT2D eigenvalue weighted by molar-refractivity contribution is 0.922. The van der Waals surface area contributed by atoms with Crippen LogP contribution in [-0.2, 0) is 0 Å². The monoisotopic (exact) mass is 357 g/mol. The molecule has 2 aromatic rings. The third-order valence-electron chi connectivity index (χ3n) is 5.75. The molecule has 1 unspecified atom stereocenters. The van der Waals surface area contributed by atoms with Crippen molar-refractivity contribution in [1.82, 2.24) is 0 Å². The molecule has 1 heterocycles. The maximum Gasteiger partial charge on any atom is 0.113 e. The van der Waals surface area contributed by atoms with Gasteiger partial charge in [0.2, 0.25) is 0 Å². The third kappa shape index (κ3) is 2.60. The van der Waals surface area contributed by atoms with Crippen LogP contribution in [0.2, 0.25) is 13.1 Å². The van der Waals surface area contributed by atoms with Crippen molar-refractivity contribution in [2.45, 2.75) is 20.0 Å². The molecule has 1 nitrogen and oxygen atoms in total. The molecule has 26 heavy (non-hydrogen) atoms. The van der Waals surface area contributed by atoms with Crippen LogP contribution in [0.15, 0.2) is 77.5 Å². The summed E-state index contributed by atoms with van der Waals surface area (Å²) < 4.78 is 0. The lowest BCUT2D eigenvalue weighted by Gasteiger charge is -2.39. The van der Waals surface area contributed by atoms with E-state index in [4.69, 9.17) is 0 Å². The van der Waals surface area contributed by atoms with Gasteiger partial charge in [-0.1, -0.05) is 79.8 Å². The molecule has 0 bridgehead atoms. The number of allylic oxidation sites excluding steroid dienone is 5. The second-order valence-electron chi connectivity index (χ2n) is 8.20. The summed E-state index contributed by atoms with van der Waals surface area (Å²) >= 11 is 0. The third-order valence-corrected chi connectivity index (χ3v) is 9.30. The number of benzene rings is 2. The number of anilines is 1. The maximum absolute atomic E-state index is 2.51. The molecule has 1 aliphatic heterocycles. The van der Waals surface area contributed by atoms with Crippen LogP contribution in [0.25, 0.3) is 5.57 Å². The van der Waals surface area contributed by atoms with Crippen molar-refractivity contribution in [2.24, 2.45) is 5.92 Å². The summed E-state index contributed by atoms with van der Waals surface area (Å²) in [6, 6.07) is 17.9. The molecule has 0 aromatic heterocycles. The fourth-order valence-electron chi connectivity index (χ4n) is 4.26. The second kappa shape index (κ2) is 6.13. The zero-order valence-corrected chi connectivity index (χ0v) is 17.4. The molecule has 0 saturated carbocycles. The summed E-state index contributed by atoms with van der Waals surface area (Å²) in [4.78, 5) is 2.21. The first-order valence-electron chi connectivity index (χ1n) is 9.42. The molecule has 2 heteroatoms. The summed E-state index contributed by atoms with van der Waals surface area (Å²) in [6.07, 6.45) is 7.22. The summed E-state index contributed by atoms with van der Waals surface area (Å²) in [6.45, 7) is 7.30. The van der Waals surface area contributed by atoms with Crippen LogP contribution >= 0.6 is 0 Å². The largest absolute Gasteiger partial charge is 0.378 e. The van der Waals surface area contributed by atoms with Crippen LogP contribution in [-0.4, -0.2) is 22.2 Å². The highest BCUT2D eigenvalue weighted by Crippen LogP contribution is 2.42. The zero-order chi connectivity index (χ0) is 18.5. The molecule has 2 aliphatic rings. The van der Waals surface area contributed by atoms with Crippen LogP contribution in [0, 0.1) is 5.92 Å². The number of hydrogen-bond acceptors (Lipinski definition) is 1. The van der Waals surface area contributed by atoms with Crippen molar-refractivity contribution in [1.29, 1.82) is 0 Å². The van der Waals surface area contributed by atoms with E-state index in [0.717, 1.165) is 0 Å². The Labute approximate surface area is 158 Å². The quantitative estimate of drug-likeness (QED) is 0.672. The van der Waals surface area contributed by atoms with Gasteiger partial charge in [0, 0.05) is 19.8 Å². The number of fused-ring (bicyclic) bond motifs is 2. The van der Waals surface area contributed by atoms with Crippen molar-refractivity contribution >= 4 is 24.5 Å². The molecule has 0 spiro atoms. The van der Waals surface area contributed by atoms with Crippen molar-refractivity contribution < 1.29 is 0 Å². The SMILES string of the molecule is CC1C=CC2=C(c3ccccc3)c3ccc(N(C)C)cc3[Si](C)(C)C2=C1. The fourth-order valence-corrected chi connectivity index (χ4v) is 7.50. The van der Waals surface area contributed by atoms with Gasteiger partial charge < -0.3 is 4.90 Å². The molecule has 4 rings (SSSR count). The lowest BCUT2D eigenvalue weighted by atomic mass is 9.88. The fraction of sp³-hybridized carbons (Fsp3) is 0.250. The van der Waals surface area contributed by atoms with Gasteiger partial charge in [0.15, 0.2) is 0 Å². The molecule has 132 valence electrons. The normalized spacial score (nSPS) is 20.3. The van der Waals surface area contributed by atoms with Crippen LogP contribution < -0.4 is 10.1 Å². The molecule has 1 aliphatic carbocycles. The highest BCUT2D eigenvalue weighted by Gasteiger charge is 2.39. The van der Waals surface area contributed by atoms with Gasteiger partial charge in [0.1, 0.15) is 8.07 Å². The minimum absolute atomic E-state index is 0.510. The van der Waals surface area contributed by atoms with Crippen LogP contribution in [0.5, 0.6) is 0 Å². The Morgan fingerprint density at radius 2 is 1.69 bits per heavy atom. The van der Waals surface area contributed by atoms with Gasteiger partial charge in [-0.05, 0) is 45.5 Å². The van der Waals surface area contributed by atoms with E-state index >= 15 is 0 Å². The Balaban J connectivity index is 2.07. The van der Waals surface area contributed by atoms with Gasteiger partial charge in [-0.3, -0.25) is 0 Å². The Kier molecular flexibility index (Phi) is 4.04. The number of nitrogens with zero attached hydrogens (tertiary/aromatic N) is 1. The molecule has 0 fully saturated rings. The minimum Gasteiger partial charge on any atom is -0.378 e. The van der Waals surface area contributed by atoms with Gasteiger partial charge in [-0.25, -0.2) is 0 Å². The van der Waals surface area contributed by atoms with Crippen molar-refractivity contribution in [3.05, 3.63) is 88.7 Å². The van der Waals surface area contributed by atoms with Gasteiger partial charge in [0.25, 0.3) is 0 Å². The molecule has 0 saturated heterocycles. The van der Waals surface area contributed by atoms with E-state index < -0.39 is 8.07 Å². The van der Waals surface area contributed by atoms with E-state index in [-0.39, 0.29) is 0 Å². The van der Waals surface area contributed by atoms with E-state index in [1.165, 1.54) is 28.0 Å².